The van der Waals surface area contributed by atoms with Gasteiger partial charge in [0.15, 0.2) is 5.13 Å². The maximum atomic E-state index is 12.9. The number of anilines is 1. The first kappa shape index (κ1) is 10.1. The van der Waals surface area contributed by atoms with Crippen molar-refractivity contribution in [1.29, 1.82) is 0 Å². The summed E-state index contributed by atoms with van der Waals surface area (Å²) in [7, 11) is 0. The maximum Gasteiger partial charge on any atom is 0.267 e. The van der Waals surface area contributed by atoms with Gasteiger partial charge < -0.3 is 4.90 Å². The zero-order valence-electron chi connectivity index (χ0n) is 7.34. The molecular formula is C8H9ClF2N2S. The van der Waals surface area contributed by atoms with Gasteiger partial charge in [0, 0.05) is 24.0 Å². The summed E-state index contributed by atoms with van der Waals surface area (Å²) in [6.45, 7) is 0.157. The van der Waals surface area contributed by atoms with Crippen LogP contribution in [0.2, 0.25) is 0 Å². The Bertz CT molecular complexity index is 329. The van der Waals surface area contributed by atoms with E-state index < -0.39 is 5.92 Å². The van der Waals surface area contributed by atoms with E-state index in [0.29, 0.717) is 17.6 Å². The molecule has 0 radical (unpaired) electrons. The van der Waals surface area contributed by atoms with Crippen molar-refractivity contribution in [3.63, 3.8) is 0 Å². The average Bonchev–Trinajstić information content (AvgIpc) is 2.70. The highest BCUT2D eigenvalue weighted by atomic mass is 35.5. The largest absolute Gasteiger partial charge is 0.342 e. The van der Waals surface area contributed by atoms with Crippen LogP contribution in [0.5, 0.6) is 0 Å². The minimum Gasteiger partial charge on any atom is -0.342 e. The van der Waals surface area contributed by atoms with E-state index in [9.17, 15) is 8.78 Å². The van der Waals surface area contributed by atoms with Crippen LogP contribution in [0.3, 0.4) is 0 Å². The molecule has 2 nitrogen and oxygen atoms in total. The van der Waals surface area contributed by atoms with E-state index in [1.54, 1.807) is 11.1 Å². The van der Waals surface area contributed by atoms with Gasteiger partial charge in [-0.1, -0.05) is 0 Å². The third kappa shape index (κ3) is 1.98. The van der Waals surface area contributed by atoms with E-state index in [-0.39, 0.29) is 13.0 Å². The van der Waals surface area contributed by atoms with Crippen molar-refractivity contribution in [1.82, 2.24) is 4.98 Å². The van der Waals surface area contributed by atoms with Crippen molar-refractivity contribution < 1.29 is 8.78 Å². The molecule has 14 heavy (non-hydrogen) atoms. The summed E-state index contributed by atoms with van der Waals surface area (Å²) in [5.41, 5.74) is 0. The second kappa shape index (κ2) is 3.62. The Morgan fingerprint density at radius 3 is 2.93 bits per heavy atom. The molecule has 1 aliphatic rings. The van der Waals surface area contributed by atoms with Crippen LogP contribution in [-0.2, 0) is 5.88 Å². The predicted octanol–water partition coefficient (Wildman–Crippen LogP) is 2.73. The van der Waals surface area contributed by atoms with Crippen molar-refractivity contribution in [2.24, 2.45) is 0 Å². The molecule has 1 saturated heterocycles. The molecule has 0 aliphatic carbocycles. The lowest BCUT2D eigenvalue weighted by atomic mass is 10.3. The number of rotatable bonds is 2. The molecule has 1 aromatic heterocycles. The van der Waals surface area contributed by atoms with Crippen molar-refractivity contribution >= 4 is 28.1 Å². The zero-order valence-corrected chi connectivity index (χ0v) is 8.91. The molecule has 0 amide bonds. The molecule has 2 heterocycles. The average molecular weight is 239 g/mol. The van der Waals surface area contributed by atoms with Gasteiger partial charge in [0.1, 0.15) is 0 Å². The van der Waals surface area contributed by atoms with Crippen LogP contribution in [0.25, 0.3) is 0 Å². The second-order valence-corrected chi connectivity index (χ2v) is 4.63. The molecule has 1 aromatic rings. The zero-order chi connectivity index (χ0) is 10.2. The minimum atomic E-state index is -2.56. The molecule has 6 heteroatoms. The Balaban J connectivity index is 2.09. The first-order valence-electron chi connectivity index (χ1n) is 4.24. The van der Waals surface area contributed by atoms with Crippen LogP contribution in [0.4, 0.5) is 13.9 Å². The fraction of sp³-hybridized carbons (Fsp3) is 0.625. The van der Waals surface area contributed by atoms with Crippen molar-refractivity contribution in [3.8, 4) is 0 Å². The quantitative estimate of drug-likeness (QED) is 0.737. The van der Waals surface area contributed by atoms with Gasteiger partial charge in [-0.05, 0) is 0 Å². The van der Waals surface area contributed by atoms with E-state index in [1.165, 1.54) is 11.3 Å². The molecule has 0 N–H and O–H groups in total. The number of thiazole rings is 1. The summed E-state index contributed by atoms with van der Waals surface area (Å²) in [6, 6.07) is 0. The maximum absolute atomic E-state index is 12.9. The Morgan fingerprint density at radius 1 is 1.64 bits per heavy atom. The van der Waals surface area contributed by atoms with Gasteiger partial charge in [-0.3, -0.25) is 0 Å². The van der Waals surface area contributed by atoms with E-state index in [0.717, 1.165) is 4.88 Å². The smallest absolute Gasteiger partial charge is 0.267 e. The van der Waals surface area contributed by atoms with Crippen LogP contribution in [0.15, 0.2) is 6.20 Å². The first-order chi connectivity index (χ1) is 6.61. The van der Waals surface area contributed by atoms with Gasteiger partial charge in [0.05, 0.1) is 12.4 Å². The van der Waals surface area contributed by atoms with Crippen LogP contribution in [-0.4, -0.2) is 24.0 Å². The van der Waals surface area contributed by atoms with Gasteiger partial charge in [-0.15, -0.1) is 22.9 Å². The molecular weight excluding hydrogens is 230 g/mol. The number of alkyl halides is 3. The molecule has 0 bridgehead atoms. The first-order valence-corrected chi connectivity index (χ1v) is 5.59. The Morgan fingerprint density at radius 2 is 2.43 bits per heavy atom. The summed E-state index contributed by atoms with van der Waals surface area (Å²) in [4.78, 5) is 6.59. The van der Waals surface area contributed by atoms with Crippen molar-refractivity contribution in [2.75, 3.05) is 18.0 Å². The predicted molar refractivity (Wildman–Crippen MR) is 53.4 cm³/mol. The molecule has 0 spiro atoms. The monoisotopic (exact) mass is 238 g/mol. The Kier molecular flexibility index (Phi) is 2.62. The molecule has 1 fully saturated rings. The summed E-state index contributed by atoms with van der Waals surface area (Å²) < 4.78 is 25.8. The standard InChI is InChI=1S/C8H9ClF2N2S/c9-3-6-4-12-7(14-6)13-2-1-8(10,11)5-13/h4H,1-3,5H2. The van der Waals surface area contributed by atoms with Gasteiger partial charge >= 0.3 is 0 Å². The molecule has 0 aromatic carbocycles. The van der Waals surface area contributed by atoms with Gasteiger partial charge in [0.2, 0.25) is 0 Å². The van der Waals surface area contributed by atoms with E-state index in [4.69, 9.17) is 11.6 Å². The minimum absolute atomic E-state index is 0.0806. The molecule has 0 saturated carbocycles. The van der Waals surface area contributed by atoms with Crippen molar-refractivity contribution in [3.05, 3.63) is 11.1 Å². The van der Waals surface area contributed by atoms with E-state index in [1.807, 2.05) is 0 Å². The fourth-order valence-corrected chi connectivity index (χ4v) is 2.42. The normalized spacial score (nSPS) is 20.4. The van der Waals surface area contributed by atoms with Crippen LogP contribution in [0.1, 0.15) is 11.3 Å². The topological polar surface area (TPSA) is 16.1 Å². The third-order valence-electron chi connectivity index (χ3n) is 2.11. The van der Waals surface area contributed by atoms with Crippen LogP contribution < -0.4 is 4.90 Å². The summed E-state index contributed by atoms with van der Waals surface area (Å²) in [5.74, 6) is -2.17. The highest BCUT2D eigenvalue weighted by Crippen LogP contribution is 2.33. The van der Waals surface area contributed by atoms with Crippen LogP contribution in [0, 0.1) is 0 Å². The molecule has 1 aliphatic heterocycles. The summed E-state index contributed by atoms with van der Waals surface area (Å²) in [6.07, 6.45) is 1.56. The molecule has 2 rings (SSSR count). The summed E-state index contributed by atoms with van der Waals surface area (Å²) >= 11 is 6.99. The number of hydrogen-bond donors (Lipinski definition) is 0. The Labute approximate surface area is 89.5 Å². The van der Waals surface area contributed by atoms with E-state index in [2.05, 4.69) is 4.98 Å². The van der Waals surface area contributed by atoms with Gasteiger partial charge in [-0.25, -0.2) is 13.8 Å². The fourth-order valence-electron chi connectivity index (χ4n) is 1.40. The molecule has 0 atom stereocenters. The van der Waals surface area contributed by atoms with Crippen molar-refractivity contribution in [2.45, 2.75) is 18.2 Å². The lowest BCUT2D eigenvalue weighted by Gasteiger charge is -2.13. The second-order valence-electron chi connectivity index (χ2n) is 3.27. The molecule has 0 unspecified atom stereocenters. The SMILES string of the molecule is FC1(F)CCN(c2ncc(CCl)s2)C1. The van der Waals surface area contributed by atoms with Crippen LogP contribution >= 0.6 is 22.9 Å². The number of halogens is 3. The number of nitrogens with zero attached hydrogens (tertiary/aromatic N) is 2. The lowest BCUT2D eigenvalue weighted by molar-refractivity contribution is 0.0257. The lowest BCUT2D eigenvalue weighted by Crippen LogP contribution is -2.24. The molecule has 78 valence electrons. The summed E-state index contributed by atoms with van der Waals surface area (Å²) in [5, 5.41) is 0.651. The third-order valence-corrected chi connectivity index (χ3v) is 3.62. The Hall–Kier alpha value is -0.420. The van der Waals surface area contributed by atoms with Gasteiger partial charge in [0.25, 0.3) is 5.92 Å². The highest BCUT2D eigenvalue weighted by Gasteiger charge is 2.39. The number of aromatic nitrogens is 1. The van der Waals surface area contributed by atoms with E-state index >= 15 is 0 Å². The van der Waals surface area contributed by atoms with Gasteiger partial charge in [-0.2, -0.15) is 0 Å². The highest BCUT2D eigenvalue weighted by molar-refractivity contribution is 7.15. The number of hydrogen-bond acceptors (Lipinski definition) is 3.